The van der Waals surface area contributed by atoms with Crippen LogP contribution in [0.5, 0.6) is 5.88 Å². The maximum absolute atomic E-state index is 12.4. The maximum Gasteiger partial charge on any atom is 0.340 e. The zero-order chi connectivity index (χ0) is 24.5. The molecule has 0 spiro atoms. The third-order valence-corrected chi connectivity index (χ3v) is 7.67. The van der Waals surface area contributed by atoms with Gasteiger partial charge < -0.3 is 19.9 Å². The van der Waals surface area contributed by atoms with Crippen molar-refractivity contribution in [1.82, 2.24) is 15.0 Å². The quantitative estimate of drug-likeness (QED) is 0.482. The molecule has 2 aliphatic carbocycles. The van der Waals surface area contributed by atoms with Gasteiger partial charge >= 0.3 is 5.97 Å². The zero-order valence-electron chi connectivity index (χ0n) is 20.5. The number of carbonyl (C=O) groups is 1. The highest BCUT2D eigenvalue weighted by Crippen LogP contribution is 2.48. The second kappa shape index (κ2) is 7.62. The van der Waals surface area contributed by atoms with E-state index in [0.29, 0.717) is 28.8 Å². The molecule has 2 fully saturated rings. The van der Waals surface area contributed by atoms with Crippen LogP contribution in [-0.2, 0) is 10.3 Å². The number of cyclic esters (lactones) is 1. The lowest BCUT2D eigenvalue weighted by Crippen LogP contribution is -2.39. The van der Waals surface area contributed by atoms with Crippen LogP contribution in [0.4, 0.5) is 11.6 Å². The minimum atomic E-state index is -0.979. The Hall–Kier alpha value is -3.26. The predicted molar refractivity (Wildman–Crippen MR) is 131 cm³/mol. The summed E-state index contributed by atoms with van der Waals surface area (Å²) in [6.45, 7) is 7.67. The van der Waals surface area contributed by atoms with Crippen LogP contribution in [0.15, 0.2) is 30.6 Å². The van der Waals surface area contributed by atoms with Crippen molar-refractivity contribution in [3.63, 3.8) is 0 Å². The Morgan fingerprint density at radius 3 is 2.60 bits per heavy atom. The van der Waals surface area contributed by atoms with Gasteiger partial charge in [-0.1, -0.05) is 6.92 Å². The molecule has 182 valence electrons. The molecular weight excluding hydrogens is 444 g/mol. The van der Waals surface area contributed by atoms with Crippen LogP contribution < -0.4 is 10.1 Å². The van der Waals surface area contributed by atoms with Crippen LogP contribution in [0.3, 0.4) is 0 Å². The largest absolute Gasteiger partial charge is 0.474 e. The Bertz CT molecular complexity index is 1340. The summed E-state index contributed by atoms with van der Waals surface area (Å²) in [6.07, 6.45) is 7.76. The lowest BCUT2D eigenvalue weighted by Gasteiger charge is -2.36. The molecule has 2 atom stereocenters. The molecule has 2 N–H and O–H groups in total. The number of esters is 1. The third kappa shape index (κ3) is 3.89. The second-order valence-electron chi connectivity index (χ2n) is 10.8. The molecule has 0 amide bonds. The summed E-state index contributed by atoms with van der Waals surface area (Å²) in [4.78, 5) is 26.3. The van der Waals surface area contributed by atoms with Gasteiger partial charge in [0.1, 0.15) is 23.3 Å². The number of anilines is 2. The summed E-state index contributed by atoms with van der Waals surface area (Å²) in [5, 5.41) is 16.3. The van der Waals surface area contributed by atoms with Gasteiger partial charge in [0, 0.05) is 23.9 Å². The van der Waals surface area contributed by atoms with Gasteiger partial charge in [-0.05, 0) is 76.0 Å². The number of rotatable bonds is 6. The van der Waals surface area contributed by atoms with E-state index in [2.05, 4.69) is 15.3 Å². The first-order valence-corrected chi connectivity index (χ1v) is 12.3. The molecule has 2 saturated carbocycles. The summed E-state index contributed by atoms with van der Waals surface area (Å²) in [7, 11) is 0. The summed E-state index contributed by atoms with van der Waals surface area (Å²) >= 11 is 0. The van der Waals surface area contributed by atoms with Crippen LogP contribution in [0, 0.1) is 5.92 Å². The lowest BCUT2D eigenvalue weighted by molar-refractivity contribution is -0.0189. The molecule has 8 heteroatoms. The van der Waals surface area contributed by atoms with Crippen molar-refractivity contribution in [2.24, 2.45) is 5.92 Å². The molecule has 3 aromatic rings. The zero-order valence-corrected chi connectivity index (χ0v) is 20.5. The number of hydrogen-bond donors (Lipinski definition) is 2. The van der Waals surface area contributed by atoms with Crippen molar-refractivity contribution >= 4 is 28.4 Å². The van der Waals surface area contributed by atoms with Crippen molar-refractivity contribution in [2.75, 3.05) is 5.32 Å². The van der Waals surface area contributed by atoms with Crippen LogP contribution in [0.1, 0.15) is 80.9 Å². The SMILES string of the molecule is C[C@@H]1c2nc(Nc3cc4c(C(C)(O)C5CC5)cnc(OC5CC5)c4cn3)ccc2C(=O)OC1(C)C. The predicted octanol–water partition coefficient (Wildman–Crippen LogP) is 4.98. The van der Waals surface area contributed by atoms with Crippen molar-refractivity contribution in [3.8, 4) is 5.88 Å². The van der Waals surface area contributed by atoms with Crippen LogP contribution in [-0.4, -0.2) is 37.7 Å². The van der Waals surface area contributed by atoms with Crippen LogP contribution in [0.25, 0.3) is 10.8 Å². The van der Waals surface area contributed by atoms with Crippen molar-refractivity contribution < 1.29 is 19.4 Å². The number of nitrogens with zero attached hydrogens (tertiary/aromatic N) is 3. The molecule has 0 saturated heterocycles. The first-order valence-electron chi connectivity index (χ1n) is 12.3. The average Bonchev–Trinajstić information content (AvgIpc) is 3.71. The first-order chi connectivity index (χ1) is 16.6. The number of fused-ring (bicyclic) bond motifs is 2. The van der Waals surface area contributed by atoms with E-state index in [4.69, 9.17) is 14.5 Å². The lowest BCUT2D eigenvalue weighted by atomic mass is 9.84. The van der Waals surface area contributed by atoms with Gasteiger partial charge in [0.25, 0.3) is 0 Å². The first kappa shape index (κ1) is 22.2. The second-order valence-corrected chi connectivity index (χ2v) is 10.8. The molecule has 35 heavy (non-hydrogen) atoms. The number of carbonyl (C=O) groups excluding carboxylic acids is 1. The van der Waals surface area contributed by atoms with E-state index < -0.39 is 11.2 Å². The highest BCUT2D eigenvalue weighted by Gasteiger charge is 2.43. The maximum atomic E-state index is 12.4. The van der Waals surface area contributed by atoms with E-state index in [-0.39, 0.29) is 23.9 Å². The molecule has 0 radical (unpaired) electrons. The average molecular weight is 475 g/mol. The van der Waals surface area contributed by atoms with E-state index in [0.717, 1.165) is 42.0 Å². The Morgan fingerprint density at radius 2 is 1.89 bits per heavy atom. The van der Waals surface area contributed by atoms with Crippen molar-refractivity contribution in [3.05, 3.63) is 47.4 Å². The number of nitrogens with one attached hydrogen (secondary N) is 1. The Labute approximate surface area is 204 Å². The fourth-order valence-electron chi connectivity index (χ4n) is 4.78. The number of aliphatic hydroxyl groups is 1. The highest BCUT2D eigenvalue weighted by molar-refractivity contribution is 5.93. The molecule has 6 rings (SSSR count). The standard InChI is InChI=1S/C27H30N4O4/c1-14-23-17(25(32)35-26(14,2)3)9-10-21(31-23)30-22-11-18-19(12-28-22)24(34-16-7-8-16)29-13-20(18)27(4,33)15-5-6-15/h9-16,33H,5-8H2,1-4H3,(H,28,30,31)/t14-,27?/m1/s1. The normalized spacial score (nSPS) is 22.8. The molecule has 1 unspecified atom stereocenters. The molecule has 3 aromatic heterocycles. The molecule has 4 heterocycles. The Kier molecular flexibility index (Phi) is 4.84. The van der Waals surface area contributed by atoms with Gasteiger partial charge in [0.05, 0.1) is 22.2 Å². The monoisotopic (exact) mass is 474 g/mol. The van der Waals surface area contributed by atoms with Gasteiger partial charge in [0.15, 0.2) is 0 Å². The Balaban J connectivity index is 1.39. The van der Waals surface area contributed by atoms with Gasteiger partial charge in [-0.2, -0.15) is 0 Å². The molecule has 0 aromatic carbocycles. The van der Waals surface area contributed by atoms with E-state index in [1.807, 2.05) is 33.8 Å². The molecule has 3 aliphatic rings. The summed E-state index contributed by atoms with van der Waals surface area (Å²) < 4.78 is 11.6. The van der Waals surface area contributed by atoms with Gasteiger partial charge in [0.2, 0.25) is 5.88 Å². The number of pyridine rings is 3. The van der Waals surface area contributed by atoms with Crippen LogP contribution >= 0.6 is 0 Å². The summed E-state index contributed by atoms with van der Waals surface area (Å²) in [6, 6.07) is 5.42. The molecule has 0 bridgehead atoms. The highest BCUT2D eigenvalue weighted by atomic mass is 16.6. The fourth-order valence-corrected chi connectivity index (χ4v) is 4.78. The third-order valence-electron chi connectivity index (χ3n) is 7.67. The fraction of sp³-hybridized carbons (Fsp3) is 0.481. The Morgan fingerprint density at radius 1 is 1.11 bits per heavy atom. The van der Waals surface area contributed by atoms with Crippen LogP contribution in [0.2, 0.25) is 0 Å². The molecule has 1 aliphatic heterocycles. The molecular formula is C27H30N4O4. The molecule has 8 nitrogen and oxygen atoms in total. The number of hydrogen-bond acceptors (Lipinski definition) is 8. The van der Waals surface area contributed by atoms with Gasteiger partial charge in [-0.25, -0.2) is 19.7 Å². The van der Waals surface area contributed by atoms with Gasteiger partial charge in [-0.3, -0.25) is 0 Å². The van der Waals surface area contributed by atoms with E-state index >= 15 is 0 Å². The smallest absolute Gasteiger partial charge is 0.340 e. The summed E-state index contributed by atoms with van der Waals surface area (Å²) in [5.41, 5.74) is 0.363. The van der Waals surface area contributed by atoms with E-state index in [1.165, 1.54) is 0 Å². The van der Waals surface area contributed by atoms with E-state index in [1.54, 1.807) is 24.5 Å². The van der Waals surface area contributed by atoms with Gasteiger partial charge in [-0.15, -0.1) is 0 Å². The minimum absolute atomic E-state index is 0.0602. The topological polar surface area (TPSA) is 106 Å². The minimum Gasteiger partial charge on any atom is -0.474 e. The summed E-state index contributed by atoms with van der Waals surface area (Å²) in [5.74, 6) is 1.54. The number of aromatic nitrogens is 3. The van der Waals surface area contributed by atoms with Crippen molar-refractivity contribution in [1.29, 1.82) is 0 Å². The van der Waals surface area contributed by atoms with Crippen molar-refractivity contribution in [2.45, 2.75) is 76.6 Å². The van der Waals surface area contributed by atoms with E-state index in [9.17, 15) is 9.90 Å². The number of ether oxygens (including phenoxy) is 2.